The highest BCUT2D eigenvalue weighted by atomic mass is 15.2. The van der Waals surface area contributed by atoms with Gasteiger partial charge < -0.3 is 5.32 Å². The van der Waals surface area contributed by atoms with E-state index in [0.717, 1.165) is 11.0 Å². The van der Waals surface area contributed by atoms with E-state index in [1.54, 1.807) is 0 Å². The lowest BCUT2D eigenvalue weighted by Crippen LogP contribution is -2.10. The van der Waals surface area contributed by atoms with Crippen LogP contribution in [0.15, 0.2) is 48.5 Å². The number of aromatic nitrogens is 3. The fraction of sp³-hybridized carbons (Fsp3) is 0.188. The molecule has 0 aliphatic rings. The molecule has 0 fully saturated rings. The average Bonchev–Trinajstić information content (AvgIpc) is 2.48. The maximum Gasteiger partial charge on any atom is 0.243 e. The Balaban J connectivity index is 1.83. The van der Waals surface area contributed by atoms with Gasteiger partial charge in [0.15, 0.2) is 0 Å². The van der Waals surface area contributed by atoms with Crippen molar-refractivity contribution in [3.63, 3.8) is 0 Å². The number of hydrogen-bond acceptors (Lipinski definition) is 4. The predicted octanol–water partition coefficient (Wildman–Crippen LogP) is 3.51. The highest BCUT2D eigenvalue weighted by Crippen LogP contribution is 2.18. The van der Waals surface area contributed by atoms with Gasteiger partial charge in [0.05, 0.1) is 11.6 Å². The fourth-order valence-electron chi connectivity index (χ4n) is 2.07. The molecule has 20 heavy (non-hydrogen) atoms. The van der Waals surface area contributed by atoms with E-state index in [4.69, 9.17) is 0 Å². The van der Waals surface area contributed by atoms with E-state index in [9.17, 15) is 0 Å². The molecule has 4 nitrogen and oxygen atoms in total. The first-order valence-electron chi connectivity index (χ1n) is 6.65. The zero-order valence-corrected chi connectivity index (χ0v) is 11.5. The standard InChI is InChI=1S/C16H16N4/c1-11-7-9-13(10-8-11)12(2)17-16-18-14-5-3-4-6-15(14)19-20-16/h3-10,12H,1-2H3,(H,17,18,20). The molecule has 1 unspecified atom stereocenters. The van der Waals surface area contributed by atoms with Crippen molar-refractivity contribution in [1.82, 2.24) is 15.2 Å². The molecule has 1 N–H and O–H groups in total. The van der Waals surface area contributed by atoms with Gasteiger partial charge in [-0.15, -0.1) is 10.2 Å². The van der Waals surface area contributed by atoms with Gasteiger partial charge in [0.2, 0.25) is 5.95 Å². The average molecular weight is 264 g/mol. The third-order valence-corrected chi connectivity index (χ3v) is 3.28. The van der Waals surface area contributed by atoms with Crippen LogP contribution in [0.1, 0.15) is 24.1 Å². The number of nitrogens with zero attached hydrogens (tertiary/aromatic N) is 3. The summed E-state index contributed by atoms with van der Waals surface area (Å²) < 4.78 is 0. The summed E-state index contributed by atoms with van der Waals surface area (Å²) in [6.07, 6.45) is 0. The molecule has 0 saturated heterocycles. The molecule has 0 aliphatic carbocycles. The zero-order valence-electron chi connectivity index (χ0n) is 11.5. The summed E-state index contributed by atoms with van der Waals surface area (Å²) in [4.78, 5) is 4.47. The normalized spacial score (nSPS) is 12.3. The number of rotatable bonds is 3. The van der Waals surface area contributed by atoms with E-state index in [1.807, 2.05) is 24.3 Å². The molecule has 3 rings (SSSR count). The molecule has 0 bridgehead atoms. The lowest BCUT2D eigenvalue weighted by molar-refractivity contribution is 0.848. The first-order chi connectivity index (χ1) is 9.72. The summed E-state index contributed by atoms with van der Waals surface area (Å²) in [5, 5.41) is 11.6. The van der Waals surface area contributed by atoms with Gasteiger partial charge in [-0.3, -0.25) is 0 Å². The van der Waals surface area contributed by atoms with Crippen LogP contribution in [0.5, 0.6) is 0 Å². The van der Waals surface area contributed by atoms with E-state index in [1.165, 1.54) is 11.1 Å². The van der Waals surface area contributed by atoms with Gasteiger partial charge in [0.25, 0.3) is 0 Å². The molecule has 0 saturated carbocycles. The molecule has 0 spiro atoms. The number of fused-ring (bicyclic) bond motifs is 1. The Morgan fingerprint density at radius 3 is 2.35 bits per heavy atom. The van der Waals surface area contributed by atoms with Crippen molar-refractivity contribution in [2.45, 2.75) is 19.9 Å². The number of benzene rings is 2. The molecular formula is C16H16N4. The van der Waals surface area contributed by atoms with E-state index in [2.05, 4.69) is 58.6 Å². The maximum absolute atomic E-state index is 4.47. The van der Waals surface area contributed by atoms with Crippen LogP contribution in [0.3, 0.4) is 0 Å². The fourth-order valence-corrected chi connectivity index (χ4v) is 2.07. The molecule has 3 aromatic rings. The Morgan fingerprint density at radius 2 is 1.60 bits per heavy atom. The molecule has 100 valence electrons. The third kappa shape index (κ3) is 2.59. The highest BCUT2D eigenvalue weighted by Gasteiger charge is 2.07. The van der Waals surface area contributed by atoms with E-state index < -0.39 is 0 Å². The summed E-state index contributed by atoms with van der Waals surface area (Å²) in [7, 11) is 0. The number of anilines is 1. The first-order valence-corrected chi connectivity index (χ1v) is 6.65. The van der Waals surface area contributed by atoms with Crippen molar-refractivity contribution in [3.05, 3.63) is 59.7 Å². The van der Waals surface area contributed by atoms with E-state index in [0.29, 0.717) is 5.95 Å². The Hall–Kier alpha value is -2.49. The van der Waals surface area contributed by atoms with Gasteiger partial charge in [-0.05, 0) is 31.5 Å². The monoisotopic (exact) mass is 264 g/mol. The SMILES string of the molecule is Cc1ccc(C(C)Nc2nnc3ccccc3n2)cc1. The van der Waals surface area contributed by atoms with E-state index in [-0.39, 0.29) is 6.04 Å². The number of para-hydroxylation sites is 1. The van der Waals surface area contributed by atoms with E-state index >= 15 is 0 Å². The van der Waals surface area contributed by atoms with Crippen molar-refractivity contribution < 1.29 is 0 Å². The zero-order chi connectivity index (χ0) is 13.9. The molecule has 1 heterocycles. The minimum atomic E-state index is 0.138. The lowest BCUT2D eigenvalue weighted by atomic mass is 10.1. The van der Waals surface area contributed by atoms with Gasteiger partial charge in [0, 0.05) is 0 Å². The van der Waals surface area contributed by atoms with Crippen molar-refractivity contribution >= 4 is 17.0 Å². The van der Waals surface area contributed by atoms with Crippen LogP contribution in [0.4, 0.5) is 5.95 Å². The molecule has 0 radical (unpaired) electrons. The van der Waals surface area contributed by atoms with Gasteiger partial charge in [0.1, 0.15) is 5.52 Å². The van der Waals surface area contributed by atoms with Crippen molar-refractivity contribution in [1.29, 1.82) is 0 Å². The molecule has 2 aromatic carbocycles. The summed E-state index contributed by atoms with van der Waals surface area (Å²) in [5.41, 5.74) is 4.11. The number of nitrogens with one attached hydrogen (secondary N) is 1. The van der Waals surface area contributed by atoms with Crippen LogP contribution < -0.4 is 5.32 Å². The Bertz CT molecular complexity index is 722. The Labute approximate surface area is 117 Å². The number of hydrogen-bond donors (Lipinski definition) is 1. The van der Waals surface area contributed by atoms with Gasteiger partial charge >= 0.3 is 0 Å². The second-order valence-corrected chi connectivity index (χ2v) is 4.90. The molecule has 0 amide bonds. The van der Waals surface area contributed by atoms with Gasteiger partial charge in [-0.25, -0.2) is 4.98 Å². The molecular weight excluding hydrogens is 248 g/mol. The van der Waals surface area contributed by atoms with Crippen molar-refractivity contribution in [3.8, 4) is 0 Å². The van der Waals surface area contributed by atoms with Crippen LogP contribution in [0.25, 0.3) is 11.0 Å². The smallest absolute Gasteiger partial charge is 0.243 e. The van der Waals surface area contributed by atoms with Crippen LogP contribution in [-0.4, -0.2) is 15.2 Å². The summed E-state index contributed by atoms with van der Waals surface area (Å²) in [5.74, 6) is 0.553. The predicted molar refractivity (Wildman–Crippen MR) is 80.5 cm³/mol. The largest absolute Gasteiger partial charge is 0.346 e. The van der Waals surface area contributed by atoms with Gasteiger partial charge in [-0.1, -0.05) is 42.0 Å². The third-order valence-electron chi connectivity index (χ3n) is 3.28. The minimum Gasteiger partial charge on any atom is -0.346 e. The summed E-state index contributed by atoms with van der Waals surface area (Å²) in [6.45, 7) is 4.17. The maximum atomic E-state index is 4.47. The van der Waals surface area contributed by atoms with Crippen molar-refractivity contribution in [2.24, 2.45) is 0 Å². The number of aryl methyl sites for hydroxylation is 1. The van der Waals surface area contributed by atoms with Crippen LogP contribution in [0.2, 0.25) is 0 Å². The van der Waals surface area contributed by atoms with Crippen molar-refractivity contribution in [2.75, 3.05) is 5.32 Å². The summed E-state index contributed by atoms with van der Waals surface area (Å²) >= 11 is 0. The minimum absolute atomic E-state index is 0.138. The topological polar surface area (TPSA) is 50.7 Å². The highest BCUT2D eigenvalue weighted by molar-refractivity contribution is 5.74. The second kappa shape index (κ2) is 5.25. The van der Waals surface area contributed by atoms with Crippen LogP contribution in [-0.2, 0) is 0 Å². The second-order valence-electron chi connectivity index (χ2n) is 4.90. The summed E-state index contributed by atoms with van der Waals surface area (Å²) in [6, 6.07) is 16.3. The Kier molecular flexibility index (Phi) is 3.29. The molecule has 1 atom stereocenters. The van der Waals surface area contributed by atoms with Crippen LogP contribution in [0, 0.1) is 6.92 Å². The molecule has 1 aromatic heterocycles. The Morgan fingerprint density at radius 1 is 0.900 bits per heavy atom. The molecule has 4 heteroatoms. The quantitative estimate of drug-likeness (QED) is 0.786. The first kappa shape index (κ1) is 12.5. The lowest BCUT2D eigenvalue weighted by Gasteiger charge is -2.14. The van der Waals surface area contributed by atoms with Crippen LogP contribution >= 0.6 is 0 Å². The molecule has 0 aliphatic heterocycles. The van der Waals surface area contributed by atoms with Gasteiger partial charge in [-0.2, -0.15) is 0 Å².